The number of halogens is 2. The maximum atomic E-state index is 11.9. The lowest BCUT2D eigenvalue weighted by Crippen LogP contribution is -1.97. The Morgan fingerprint density at radius 2 is 1.92 bits per heavy atom. The maximum Gasteiger partial charge on any atom is 0.0934 e. The molecule has 0 radical (unpaired) electrons. The zero-order valence-electron chi connectivity index (χ0n) is 6.79. The summed E-state index contributed by atoms with van der Waals surface area (Å²) in [6.45, 7) is 0.230. The Morgan fingerprint density at radius 1 is 1.25 bits per heavy atom. The third-order valence-corrected chi connectivity index (χ3v) is 1.61. The van der Waals surface area contributed by atoms with E-state index in [2.05, 4.69) is 0 Å². The third-order valence-electron chi connectivity index (χ3n) is 1.61. The van der Waals surface area contributed by atoms with E-state index in [1.165, 1.54) is 0 Å². The minimum absolute atomic E-state index is 0. The summed E-state index contributed by atoms with van der Waals surface area (Å²) in [6.07, 6.45) is 0.494. The molecule has 0 aliphatic carbocycles. The van der Waals surface area contributed by atoms with Crippen molar-refractivity contribution < 1.29 is 4.39 Å². The fourth-order valence-corrected chi connectivity index (χ4v) is 1.02. The van der Waals surface area contributed by atoms with Crippen LogP contribution >= 0.6 is 12.4 Å². The second kappa shape index (κ2) is 5.98. The van der Waals surface area contributed by atoms with E-state index in [1.807, 2.05) is 24.3 Å². The summed E-state index contributed by atoms with van der Waals surface area (Å²) >= 11 is 0. The van der Waals surface area contributed by atoms with Gasteiger partial charge in [0.15, 0.2) is 0 Å². The lowest BCUT2D eigenvalue weighted by Gasteiger charge is -1.99. The van der Waals surface area contributed by atoms with E-state index in [0.717, 1.165) is 11.1 Å². The van der Waals surface area contributed by atoms with E-state index in [-0.39, 0.29) is 19.1 Å². The van der Waals surface area contributed by atoms with Gasteiger partial charge in [-0.15, -0.1) is 12.4 Å². The van der Waals surface area contributed by atoms with E-state index in [1.54, 1.807) is 0 Å². The third kappa shape index (κ3) is 3.20. The van der Waals surface area contributed by atoms with Crippen LogP contribution in [0.2, 0.25) is 0 Å². The van der Waals surface area contributed by atoms with E-state index in [9.17, 15) is 4.39 Å². The quantitative estimate of drug-likeness (QED) is 0.774. The molecule has 0 amide bonds. The highest BCUT2D eigenvalue weighted by molar-refractivity contribution is 5.85. The molecule has 0 aromatic heterocycles. The zero-order valence-corrected chi connectivity index (χ0v) is 7.61. The van der Waals surface area contributed by atoms with Crippen LogP contribution in [0.1, 0.15) is 11.1 Å². The summed E-state index contributed by atoms with van der Waals surface area (Å²) < 4.78 is 11.9. The zero-order chi connectivity index (χ0) is 8.10. The molecule has 0 saturated carbocycles. The number of benzene rings is 1. The number of nitrogens with two attached hydrogens (primary N) is 1. The SMILES string of the molecule is Cl.NCc1cccc(CCF)c1. The first-order valence-electron chi connectivity index (χ1n) is 3.70. The maximum absolute atomic E-state index is 11.9. The Labute approximate surface area is 78.2 Å². The molecular formula is C9H13ClFN. The molecule has 0 heterocycles. The van der Waals surface area contributed by atoms with Crippen LogP contribution in [0.4, 0.5) is 4.39 Å². The van der Waals surface area contributed by atoms with Crippen molar-refractivity contribution in [3.05, 3.63) is 35.4 Å². The van der Waals surface area contributed by atoms with Crippen molar-refractivity contribution in [1.29, 1.82) is 0 Å². The predicted molar refractivity (Wildman–Crippen MR) is 51.3 cm³/mol. The van der Waals surface area contributed by atoms with Gasteiger partial charge in [0.05, 0.1) is 6.67 Å². The lowest BCUT2D eigenvalue weighted by atomic mass is 10.1. The number of aryl methyl sites for hydroxylation is 1. The van der Waals surface area contributed by atoms with Crippen molar-refractivity contribution in [3.8, 4) is 0 Å². The van der Waals surface area contributed by atoms with Gasteiger partial charge in [-0.25, -0.2) is 0 Å². The molecule has 1 aromatic rings. The fraction of sp³-hybridized carbons (Fsp3) is 0.333. The average molecular weight is 190 g/mol. The van der Waals surface area contributed by atoms with Crippen LogP contribution in [0.25, 0.3) is 0 Å². The second-order valence-electron chi connectivity index (χ2n) is 2.46. The molecule has 0 saturated heterocycles. The van der Waals surface area contributed by atoms with Crippen LogP contribution in [0, 0.1) is 0 Å². The Morgan fingerprint density at radius 3 is 2.50 bits per heavy atom. The minimum atomic E-state index is -0.298. The molecule has 0 fully saturated rings. The van der Waals surface area contributed by atoms with E-state index < -0.39 is 0 Å². The summed E-state index contributed by atoms with van der Waals surface area (Å²) in [5.74, 6) is 0. The van der Waals surface area contributed by atoms with Crippen LogP contribution in [-0.4, -0.2) is 6.67 Å². The molecule has 12 heavy (non-hydrogen) atoms. The van der Waals surface area contributed by atoms with Crippen molar-refractivity contribution in [2.24, 2.45) is 5.73 Å². The molecule has 0 aliphatic heterocycles. The highest BCUT2D eigenvalue weighted by Crippen LogP contribution is 2.05. The Bertz CT molecular complexity index is 228. The Balaban J connectivity index is 0.00000121. The predicted octanol–water partition coefficient (Wildman–Crippen LogP) is 2.08. The van der Waals surface area contributed by atoms with Gasteiger partial charge >= 0.3 is 0 Å². The average Bonchev–Trinajstić information content (AvgIpc) is 2.06. The van der Waals surface area contributed by atoms with Gasteiger partial charge in [0.25, 0.3) is 0 Å². The van der Waals surface area contributed by atoms with Crippen LogP contribution in [0.3, 0.4) is 0 Å². The molecule has 0 unspecified atom stereocenters. The second-order valence-corrected chi connectivity index (χ2v) is 2.46. The molecule has 1 aromatic carbocycles. The summed E-state index contributed by atoms with van der Waals surface area (Å²) in [6, 6.07) is 7.72. The molecule has 0 atom stereocenters. The monoisotopic (exact) mass is 189 g/mol. The van der Waals surface area contributed by atoms with E-state index in [4.69, 9.17) is 5.73 Å². The standard InChI is InChI=1S/C9H12FN.ClH/c10-5-4-8-2-1-3-9(6-8)7-11;/h1-3,6H,4-5,7,11H2;1H. The van der Waals surface area contributed by atoms with Crippen LogP contribution in [0.15, 0.2) is 24.3 Å². The molecule has 3 heteroatoms. The van der Waals surface area contributed by atoms with Crippen LogP contribution in [-0.2, 0) is 13.0 Å². The largest absolute Gasteiger partial charge is 0.326 e. The highest BCUT2D eigenvalue weighted by Gasteiger charge is 1.93. The van der Waals surface area contributed by atoms with E-state index in [0.29, 0.717) is 13.0 Å². The van der Waals surface area contributed by atoms with Gasteiger partial charge in [-0.3, -0.25) is 4.39 Å². The van der Waals surface area contributed by atoms with Crippen molar-refractivity contribution in [2.75, 3.05) is 6.67 Å². The van der Waals surface area contributed by atoms with Gasteiger partial charge in [0.2, 0.25) is 0 Å². The molecule has 68 valence electrons. The van der Waals surface area contributed by atoms with Crippen LogP contribution in [0.5, 0.6) is 0 Å². The lowest BCUT2D eigenvalue weighted by molar-refractivity contribution is 0.495. The first-order valence-corrected chi connectivity index (χ1v) is 3.70. The van der Waals surface area contributed by atoms with Gasteiger partial charge in [-0.1, -0.05) is 24.3 Å². The van der Waals surface area contributed by atoms with Gasteiger partial charge in [0.1, 0.15) is 0 Å². The van der Waals surface area contributed by atoms with Crippen molar-refractivity contribution >= 4 is 12.4 Å². The van der Waals surface area contributed by atoms with Crippen molar-refractivity contribution in [1.82, 2.24) is 0 Å². The Hall–Kier alpha value is -0.600. The van der Waals surface area contributed by atoms with Gasteiger partial charge in [-0.2, -0.15) is 0 Å². The molecule has 1 nitrogen and oxygen atoms in total. The first-order chi connectivity index (χ1) is 5.36. The number of hydrogen-bond donors (Lipinski definition) is 1. The molecule has 0 aliphatic rings. The number of hydrogen-bond acceptors (Lipinski definition) is 1. The molecular weight excluding hydrogens is 177 g/mol. The molecule has 0 spiro atoms. The topological polar surface area (TPSA) is 26.0 Å². The first kappa shape index (κ1) is 11.4. The minimum Gasteiger partial charge on any atom is -0.326 e. The smallest absolute Gasteiger partial charge is 0.0934 e. The van der Waals surface area contributed by atoms with Crippen molar-refractivity contribution in [3.63, 3.8) is 0 Å². The van der Waals surface area contributed by atoms with Crippen molar-refractivity contribution in [2.45, 2.75) is 13.0 Å². The Kier molecular flexibility index (Phi) is 5.68. The number of alkyl halides is 1. The molecule has 1 rings (SSSR count). The highest BCUT2D eigenvalue weighted by atomic mass is 35.5. The van der Waals surface area contributed by atoms with Gasteiger partial charge < -0.3 is 5.73 Å². The summed E-state index contributed by atoms with van der Waals surface area (Å²) in [5.41, 5.74) is 7.51. The molecule has 2 N–H and O–H groups in total. The van der Waals surface area contributed by atoms with Gasteiger partial charge in [-0.05, 0) is 11.1 Å². The fourth-order valence-electron chi connectivity index (χ4n) is 1.02. The summed E-state index contributed by atoms with van der Waals surface area (Å²) in [5, 5.41) is 0. The summed E-state index contributed by atoms with van der Waals surface area (Å²) in [4.78, 5) is 0. The summed E-state index contributed by atoms with van der Waals surface area (Å²) in [7, 11) is 0. The van der Waals surface area contributed by atoms with Gasteiger partial charge in [0, 0.05) is 13.0 Å². The van der Waals surface area contributed by atoms with E-state index >= 15 is 0 Å². The molecule has 0 bridgehead atoms. The van der Waals surface area contributed by atoms with Crippen LogP contribution < -0.4 is 5.73 Å². The normalized spacial score (nSPS) is 9.17. The number of rotatable bonds is 3.